The Morgan fingerprint density at radius 1 is 0.919 bits per heavy atom. The fourth-order valence-electron chi connectivity index (χ4n) is 3.88. The zero-order chi connectivity index (χ0) is 26.4. The second-order valence-electron chi connectivity index (χ2n) is 8.29. The van der Waals surface area contributed by atoms with E-state index >= 15 is 0 Å². The third-order valence-corrected chi connectivity index (χ3v) is 5.75. The van der Waals surface area contributed by atoms with Gasteiger partial charge >= 0.3 is 0 Å². The lowest BCUT2D eigenvalue weighted by Crippen LogP contribution is -2.22. The SMILES string of the molecule is CCNC(=O)c1ccc(OCC)c(/N=N/c2c(O)c(C(=O)Nc3ccccc3C)cc3ccccc23)c1. The Hall–Kier alpha value is -4.72. The van der Waals surface area contributed by atoms with Crippen molar-refractivity contribution in [3.63, 3.8) is 0 Å². The molecule has 0 fully saturated rings. The molecule has 8 heteroatoms. The van der Waals surface area contributed by atoms with Gasteiger partial charge in [-0.05, 0) is 62.1 Å². The van der Waals surface area contributed by atoms with Crippen molar-refractivity contribution in [1.82, 2.24) is 5.32 Å². The van der Waals surface area contributed by atoms with Crippen LogP contribution in [0.2, 0.25) is 0 Å². The lowest BCUT2D eigenvalue weighted by Gasteiger charge is -2.12. The maximum Gasteiger partial charge on any atom is 0.259 e. The summed E-state index contributed by atoms with van der Waals surface area (Å²) in [4.78, 5) is 25.5. The molecule has 0 bridgehead atoms. The predicted octanol–water partition coefficient (Wildman–Crippen LogP) is 6.67. The Kier molecular flexibility index (Phi) is 7.78. The molecular weight excluding hydrogens is 468 g/mol. The maximum absolute atomic E-state index is 13.2. The van der Waals surface area contributed by atoms with E-state index in [9.17, 15) is 14.7 Å². The zero-order valence-corrected chi connectivity index (χ0v) is 20.9. The highest BCUT2D eigenvalue weighted by atomic mass is 16.5. The third-order valence-electron chi connectivity index (χ3n) is 5.75. The van der Waals surface area contributed by atoms with Crippen molar-refractivity contribution in [3.05, 3.63) is 89.5 Å². The predicted molar refractivity (Wildman–Crippen MR) is 145 cm³/mol. The summed E-state index contributed by atoms with van der Waals surface area (Å²) in [6, 6.07) is 21.2. The smallest absolute Gasteiger partial charge is 0.259 e. The summed E-state index contributed by atoms with van der Waals surface area (Å²) in [5.74, 6) is -0.574. The number of nitrogens with zero attached hydrogens (tertiary/aromatic N) is 2. The minimum atomic E-state index is -0.470. The molecule has 4 aromatic rings. The van der Waals surface area contributed by atoms with Crippen LogP contribution in [0.15, 0.2) is 83.0 Å². The molecule has 0 saturated heterocycles. The monoisotopic (exact) mass is 496 g/mol. The van der Waals surface area contributed by atoms with Crippen LogP contribution in [0, 0.1) is 6.92 Å². The number of amides is 2. The van der Waals surface area contributed by atoms with Crippen LogP contribution in [-0.4, -0.2) is 30.1 Å². The van der Waals surface area contributed by atoms with Crippen molar-refractivity contribution in [1.29, 1.82) is 0 Å². The highest BCUT2D eigenvalue weighted by Gasteiger charge is 2.19. The quantitative estimate of drug-likeness (QED) is 0.236. The Bertz CT molecular complexity index is 1500. The van der Waals surface area contributed by atoms with E-state index in [2.05, 4.69) is 20.9 Å². The van der Waals surface area contributed by atoms with E-state index in [-0.39, 0.29) is 22.9 Å². The molecule has 0 spiro atoms. The number of benzene rings is 4. The summed E-state index contributed by atoms with van der Waals surface area (Å²) in [7, 11) is 0. The van der Waals surface area contributed by atoms with Gasteiger partial charge in [-0.1, -0.05) is 42.5 Å². The number of anilines is 1. The lowest BCUT2D eigenvalue weighted by atomic mass is 10.0. The average Bonchev–Trinajstić information content (AvgIpc) is 2.90. The standard InChI is InChI=1S/C29H28N4O4/c1-4-30-28(35)20-14-15-25(37-5-2)24(17-20)32-33-26-21-12-8-7-11-19(21)16-22(27(26)34)29(36)31-23-13-9-6-10-18(23)3/h6-17,34H,4-5H2,1-3H3,(H,30,35)(H,31,36)/b33-32+. The van der Waals surface area contributed by atoms with Crippen LogP contribution in [0.1, 0.15) is 40.1 Å². The number of phenolic OH excluding ortho intramolecular Hbond substituents is 1. The van der Waals surface area contributed by atoms with E-state index in [1.54, 1.807) is 36.4 Å². The number of azo groups is 1. The summed E-state index contributed by atoms with van der Waals surface area (Å²) >= 11 is 0. The van der Waals surface area contributed by atoms with Gasteiger partial charge in [-0.2, -0.15) is 0 Å². The molecule has 4 rings (SSSR count). The number of carbonyl (C=O) groups excluding carboxylic acids is 2. The third kappa shape index (κ3) is 5.59. The van der Waals surface area contributed by atoms with Crippen molar-refractivity contribution in [2.24, 2.45) is 10.2 Å². The van der Waals surface area contributed by atoms with Crippen LogP contribution in [0.5, 0.6) is 11.5 Å². The molecule has 37 heavy (non-hydrogen) atoms. The summed E-state index contributed by atoms with van der Waals surface area (Å²) in [5, 5.41) is 26.8. The van der Waals surface area contributed by atoms with Gasteiger partial charge in [0.05, 0.1) is 12.2 Å². The molecule has 4 aromatic carbocycles. The molecular formula is C29H28N4O4. The second-order valence-corrected chi connectivity index (χ2v) is 8.29. The number of para-hydroxylation sites is 1. The first-order chi connectivity index (χ1) is 17.9. The zero-order valence-electron chi connectivity index (χ0n) is 20.9. The van der Waals surface area contributed by atoms with E-state index in [1.807, 2.05) is 57.2 Å². The van der Waals surface area contributed by atoms with E-state index in [0.717, 1.165) is 5.56 Å². The number of phenols is 1. The molecule has 0 unspecified atom stereocenters. The van der Waals surface area contributed by atoms with Gasteiger partial charge in [0.1, 0.15) is 17.1 Å². The van der Waals surface area contributed by atoms with Crippen LogP contribution in [0.3, 0.4) is 0 Å². The van der Waals surface area contributed by atoms with E-state index < -0.39 is 5.91 Å². The van der Waals surface area contributed by atoms with Gasteiger partial charge in [-0.3, -0.25) is 9.59 Å². The number of rotatable bonds is 8. The highest BCUT2D eigenvalue weighted by Crippen LogP contribution is 2.40. The van der Waals surface area contributed by atoms with Crippen LogP contribution in [-0.2, 0) is 0 Å². The first-order valence-corrected chi connectivity index (χ1v) is 12.0. The minimum Gasteiger partial charge on any atom is -0.505 e. The number of hydrogen-bond donors (Lipinski definition) is 3. The Labute approximate surface area is 215 Å². The number of aryl methyl sites for hydroxylation is 1. The number of hydrogen-bond acceptors (Lipinski definition) is 6. The Balaban J connectivity index is 1.79. The molecule has 2 amide bonds. The molecule has 0 aliphatic carbocycles. The van der Waals surface area contributed by atoms with Gasteiger partial charge in [0, 0.05) is 23.2 Å². The molecule has 3 N–H and O–H groups in total. The minimum absolute atomic E-state index is 0.0667. The summed E-state index contributed by atoms with van der Waals surface area (Å²) in [5.41, 5.74) is 2.47. The van der Waals surface area contributed by atoms with Crippen LogP contribution >= 0.6 is 0 Å². The number of fused-ring (bicyclic) bond motifs is 1. The molecule has 0 saturated carbocycles. The molecule has 0 radical (unpaired) electrons. The van der Waals surface area contributed by atoms with Crippen molar-refractivity contribution in [2.45, 2.75) is 20.8 Å². The summed E-state index contributed by atoms with van der Waals surface area (Å²) in [6.45, 7) is 6.45. The van der Waals surface area contributed by atoms with Crippen LogP contribution in [0.4, 0.5) is 17.1 Å². The molecule has 188 valence electrons. The first-order valence-electron chi connectivity index (χ1n) is 12.0. The molecule has 0 heterocycles. The molecule has 0 atom stereocenters. The Morgan fingerprint density at radius 2 is 1.68 bits per heavy atom. The van der Waals surface area contributed by atoms with Crippen molar-refractivity contribution in [2.75, 3.05) is 18.5 Å². The van der Waals surface area contributed by atoms with Crippen LogP contribution < -0.4 is 15.4 Å². The largest absolute Gasteiger partial charge is 0.505 e. The van der Waals surface area contributed by atoms with Crippen molar-refractivity contribution < 1.29 is 19.4 Å². The van der Waals surface area contributed by atoms with Gasteiger partial charge in [-0.25, -0.2) is 0 Å². The maximum atomic E-state index is 13.2. The van der Waals surface area contributed by atoms with E-state index in [4.69, 9.17) is 4.74 Å². The number of nitrogens with one attached hydrogen (secondary N) is 2. The normalized spacial score (nSPS) is 11.0. The van der Waals surface area contributed by atoms with Gasteiger partial charge in [0.2, 0.25) is 0 Å². The molecule has 0 aromatic heterocycles. The molecule has 8 nitrogen and oxygen atoms in total. The van der Waals surface area contributed by atoms with E-state index in [0.29, 0.717) is 46.6 Å². The van der Waals surface area contributed by atoms with Gasteiger partial charge in [-0.15, -0.1) is 10.2 Å². The van der Waals surface area contributed by atoms with Gasteiger partial charge in [0.15, 0.2) is 5.75 Å². The number of aromatic hydroxyl groups is 1. The number of carbonyl (C=O) groups is 2. The summed E-state index contributed by atoms with van der Waals surface area (Å²) in [6.07, 6.45) is 0. The molecule has 0 aliphatic heterocycles. The fourth-order valence-corrected chi connectivity index (χ4v) is 3.88. The Morgan fingerprint density at radius 3 is 2.43 bits per heavy atom. The van der Waals surface area contributed by atoms with E-state index in [1.165, 1.54) is 0 Å². The molecule has 0 aliphatic rings. The lowest BCUT2D eigenvalue weighted by molar-refractivity contribution is 0.0954. The van der Waals surface area contributed by atoms with Gasteiger partial charge < -0.3 is 20.5 Å². The number of ether oxygens (including phenoxy) is 1. The van der Waals surface area contributed by atoms with Crippen molar-refractivity contribution >= 4 is 39.6 Å². The fraction of sp³-hybridized carbons (Fsp3) is 0.172. The second kappa shape index (κ2) is 11.3. The average molecular weight is 497 g/mol. The highest BCUT2D eigenvalue weighted by molar-refractivity contribution is 6.12. The summed E-state index contributed by atoms with van der Waals surface area (Å²) < 4.78 is 5.67. The van der Waals surface area contributed by atoms with Crippen molar-refractivity contribution in [3.8, 4) is 11.5 Å². The van der Waals surface area contributed by atoms with Gasteiger partial charge in [0.25, 0.3) is 11.8 Å². The topological polar surface area (TPSA) is 112 Å². The van der Waals surface area contributed by atoms with Crippen LogP contribution in [0.25, 0.3) is 10.8 Å². The first kappa shape index (κ1) is 25.4.